The van der Waals surface area contributed by atoms with E-state index in [1.165, 1.54) is 6.07 Å². The lowest BCUT2D eigenvalue weighted by Crippen LogP contribution is -2.41. The zero-order chi connectivity index (χ0) is 17.6. The van der Waals surface area contributed by atoms with Crippen LogP contribution in [0.15, 0.2) is 29.8 Å². The number of hydrogen-bond acceptors (Lipinski definition) is 4. The van der Waals surface area contributed by atoms with Crippen molar-refractivity contribution in [1.82, 2.24) is 10.3 Å². The van der Waals surface area contributed by atoms with E-state index >= 15 is 0 Å². The van der Waals surface area contributed by atoms with Crippen LogP contribution >= 0.6 is 22.9 Å². The molecule has 0 saturated carbocycles. The third-order valence-corrected chi connectivity index (χ3v) is 5.65. The van der Waals surface area contributed by atoms with Gasteiger partial charge in [-0.2, -0.15) is 0 Å². The smallest absolute Gasteiger partial charge is 0.220 e. The minimum atomic E-state index is -0.355. The van der Waals surface area contributed by atoms with Crippen LogP contribution in [0.2, 0.25) is 5.02 Å². The Morgan fingerprint density at radius 1 is 1.48 bits per heavy atom. The lowest BCUT2D eigenvalue weighted by molar-refractivity contribution is -0.121. The molecule has 1 amide bonds. The van der Waals surface area contributed by atoms with Crippen LogP contribution in [0, 0.1) is 11.7 Å². The van der Waals surface area contributed by atoms with Crippen molar-refractivity contribution in [3.05, 3.63) is 46.2 Å². The second kappa shape index (κ2) is 8.63. The number of anilines is 1. The summed E-state index contributed by atoms with van der Waals surface area (Å²) in [5, 5.41) is 6.38. The molecule has 1 fully saturated rings. The summed E-state index contributed by atoms with van der Waals surface area (Å²) in [7, 11) is 0. The molecule has 0 spiro atoms. The fourth-order valence-corrected chi connectivity index (χ4v) is 4.07. The first kappa shape index (κ1) is 18.1. The number of halogens is 2. The van der Waals surface area contributed by atoms with E-state index in [0.717, 1.165) is 31.1 Å². The zero-order valence-corrected chi connectivity index (χ0v) is 15.5. The standard InChI is InChI=1S/C18H21ClFN3OS/c19-15-4-1-5-16(20)14(15)6-7-17(24)22-11-13-3-2-9-23(12-13)18-21-8-10-25-18/h1,4-5,8,10,13H,2-3,6-7,9,11-12H2,(H,22,24). The highest BCUT2D eigenvalue weighted by atomic mass is 35.5. The number of piperidine rings is 1. The van der Waals surface area contributed by atoms with Gasteiger partial charge in [-0.15, -0.1) is 11.3 Å². The molecule has 1 N–H and O–H groups in total. The van der Waals surface area contributed by atoms with Gasteiger partial charge in [-0.05, 0) is 37.3 Å². The molecule has 134 valence electrons. The Morgan fingerprint density at radius 3 is 3.12 bits per heavy atom. The SMILES string of the molecule is O=C(CCc1c(F)cccc1Cl)NCC1CCCN(c2nccs2)C1. The van der Waals surface area contributed by atoms with Gasteiger partial charge in [0.1, 0.15) is 5.82 Å². The molecule has 2 aromatic rings. The second-order valence-corrected chi connectivity index (χ2v) is 7.55. The van der Waals surface area contributed by atoms with Gasteiger partial charge in [0.15, 0.2) is 5.13 Å². The summed E-state index contributed by atoms with van der Waals surface area (Å²) < 4.78 is 13.7. The highest BCUT2D eigenvalue weighted by Gasteiger charge is 2.22. The van der Waals surface area contributed by atoms with E-state index in [1.807, 2.05) is 11.6 Å². The Bertz CT molecular complexity index is 690. The number of carbonyl (C=O) groups is 1. The maximum atomic E-state index is 13.7. The lowest BCUT2D eigenvalue weighted by atomic mass is 9.98. The second-order valence-electron chi connectivity index (χ2n) is 6.27. The summed E-state index contributed by atoms with van der Waals surface area (Å²) in [6.45, 7) is 2.57. The number of benzene rings is 1. The number of carbonyl (C=O) groups excluding carboxylic acids is 1. The van der Waals surface area contributed by atoms with Crippen LogP contribution in [-0.2, 0) is 11.2 Å². The molecule has 25 heavy (non-hydrogen) atoms. The molecule has 1 aromatic heterocycles. The molecule has 3 rings (SSSR count). The monoisotopic (exact) mass is 381 g/mol. The summed E-state index contributed by atoms with van der Waals surface area (Å²) in [4.78, 5) is 18.7. The Hall–Kier alpha value is -1.66. The van der Waals surface area contributed by atoms with Crippen molar-refractivity contribution in [3.8, 4) is 0 Å². The molecular formula is C18H21ClFN3OS. The number of rotatable bonds is 6. The summed E-state index contributed by atoms with van der Waals surface area (Å²) in [6.07, 6.45) is 4.57. The Balaban J connectivity index is 1.44. The van der Waals surface area contributed by atoms with E-state index in [2.05, 4.69) is 15.2 Å². The number of nitrogens with one attached hydrogen (secondary N) is 1. The molecule has 4 nitrogen and oxygen atoms in total. The molecule has 0 bridgehead atoms. The van der Waals surface area contributed by atoms with E-state index in [-0.39, 0.29) is 18.1 Å². The molecule has 1 saturated heterocycles. The van der Waals surface area contributed by atoms with Gasteiger partial charge < -0.3 is 10.2 Å². The van der Waals surface area contributed by atoms with Crippen LogP contribution in [0.25, 0.3) is 0 Å². The molecule has 1 aromatic carbocycles. The summed E-state index contributed by atoms with van der Waals surface area (Å²) >= 11 is 7.64. The number of hydrogen-bond donors (Lipinski definition) is 1. The summed E-state index contributed by atoms with van der Waals surface area (Å²) in [5.74, 6) is -0.00369. The van der Waals surface area contributed by atoms with Gasteiger partial charge >= 0.3 is 0 Å². The fraction of sp³-hybridized carbons (Fsp3) is 0.444. The Labute approximate surface area is 156 Å². The molecule has 1 unspecified atom stereocenters. The molecule has 1 aliphatic rings. The Morgan fingerprint density at radius 2 is 2.36 bits per heavy atom. The summed E-state index contributed by atoms with van der Waals surface area (Å²) in [6, 6.07) is 4.58. The first-order valence-corrected chi connectivity index (χ1v) is 9.73. The van der Waals surface area contributed by atoms with Gasteiger partial charge in [0.25, 0.3) is 0 Å². The molecule has 1 atom stereocenters. The molecular weight excluding hydrogens is 361 g/mol. The van der Waals surface area contributed by atoms with E-state index < -0.39 is 0 Å². The van der Waals surface area contributed by atoms with Crippen molar-refractivity contribution in [2.24, 2.45) is 5.92 Å². The molecule has 7 heteroatoms. The Kier molecular flexibility index (Phi) is 6.26. The number of amides is 1. The first-order chi connectivity index (χ1) is 12.1. The number of thiazole rings is 1. The predicted molar refractivity (Wildman–Crippen MR) is 99.8 cm³/mol. The number of nitrogens with zero attached hydrogens (tertiary/aromatic N) is 2. The van der Waals surface area contributed by atoms with E-state index in [1.54, 1.807) is 23.5 Å². The predicted octanol–water partition coefficient (Wildman–Crippen LogP) is 3.90. The van der Waals surface area contributed by atoms with Gasteiger partial charge in [-0.3, -0.25) is 4.79 Å². The number of aromatic nitrogens is 1. The van der Waals surface area contributed by atoms with Crippen molar-refractivity contribution < 1.29 is 9.18 Å². The zero-order valence-electron chi connectivity index (χ0n) is 13.9. The van der Waals surface area contributed by atoms with Crippen LogP contribution in [-0.4, -0.2) is 30.5 Å². The van der Waals surface area contributed by atoms with Crippen molar-refractivity contribution in [3.63, 3.8) is 0 Å². The minimum absolute atomic E-state index is 0.0642. The highest BCUT2D eigenvalue weighted by Crippen LogP contribution is 2.24. The van der Waals surface area contributed by atoms with Crippen molar-refractivity contribution in [2.75, 3.05) is 24.5 Å². The maximum Gasteiger partial charge on any atom is 0.220 e. The van der Waals surface area contributed by atoms with Crippen molar-refractivity contribution in [2.45, 2.75) is 25.7 Å². The van der Waals surface area contributed by atoms with Crippen molar-refractivity contribution in [1.29, 1.82) is 0 Å². The largest absolute Gasteiger partial charge is 0.356 e. The molecule has 0 aliphatic carbocycles. The van der Waals surface area contributed by atoms with Gasteiger partial charge in [0, 0.05) is 48.2 Å². The van der Waals surface area contributed by atoms with Gasteiger partial charge in [-0.1, -0.05) is 17.7 Å². The van der Waals surface area contributed by atoms with Gasteiger partial charge in [0.2, 0.25) is 5.91 Å². The van der Waals surface area contributed by atoms with E-state index in [9.17, 15) is 9.18 Å². The van der Waals surface area contributed by atoms with Gasteiger partial charge in [-0.25, -0.2) is 9.37 Å². The van der Waals surface area contributed by atoms with Crippen molar-refractivity contribution >= 4 is 34.0 Å². The summed E-state index contributed by atoms with van der Waals surface area (Å²) in [5.41, 5.74) is 0.409. The fourth-order valence-electron chi connectivity index (χ4n) is 3.13. The first-order valence-electron chi connectivity index (χ1n) is 8.47. The third-order valence-electron chi connectivity index (χ3n) is 4.46. The highest BCUT2D eigenvalue weighted by molar-refractivity contribution is 7.13. The normalized spacial score (nSPS) is 17.5. The molecule has 0 radical (unpaired) electrons. The van der Waals surface area contributed by atoms with E-state index in [0.29, 0.717) is 29.5 Å². The molecule has 2 heterocycles. The average Bonchev–Trinajstić information content (AvgIpc) is 3.14. The average molecular weight is 382 g/mol. The topological polar surface area (TPSA) is 45.2 Å². The quantitative estimate of drug-likeness (QED) is 0.825. The minimum Gasteiger partial charge on any atom is -0.356 e. The van der Waals surface area contributed by atoms with Gasteiger partial charge in [0.05, 0.1) is 0 Å². The van der Waals surface area contributed by atoms with Crippen LogP contribution in [0.1, 0.15) is 24.8 Å². The molecule has 1 aliphatic heterocycles. The van der Waals surface area contributed by atoms with Crippen LogP contribution in [0.3, 0.4) is 0 Å². The van der Waals surface area contributed by atoms with Crippen LogP contribution in [0.5, 0.6) is 0 Å². The van der Waals surface area contributed by atoms with E-state index in [4.69, 9.17) is 11.6 Å². The van der Waals surface area contributed by atoms with Crippen LogP contribution in [0.4, 0.5) is 9.52 Å². The van der Waals surface area contributed by atoms with Crippen LogP contribution < -0.4 is 10.2 Å². The maximum absolute atomic E-state index is 13.7. The third kappa shape index (κ3) is 4.92. The lowest BCUT2D eigenvalue weighted by Gasteiger charge is -2.32.